The lowest BCUT2D eigenvalue weighted by atomic mass is 9.86. The normalized spacial score (nSPS) is 23.4. The van der Waals surface area contributed by atoms with Crippen molar-refractivity contribution in [2.24, 2.45) is 11.8 Å². The summed E-state index contributed by atoms with van der Waals surface area (Å²) in [5.41, 5.74) is 1.27. The van der Waals surface area contributed by atoms with E-state index in [9.17, 15) is 8.42 Å². The van der Waals surface area contributed by atoms with Gasteiger partial charge in [-0.2, -0.15) is 0 Å². The SMILES string of the molecule is CNCC(Cc1ccc(Br)cc1)C1CCS(=O)(=O)C1. The van der Waals surface area contributed by atoms with Crippen LogP contribution < -0.4 is 5.32 Å². The van der Waals surface area contributed by atoms with Crippen LogP contribution in [0.15, 0.2) is 28.7 Å². The molecule has 0 aliphatic carbocycles. The van der Waals surface area contributed by atoms with E-state index >= 15 is 0 Å². The quantitative estimate of drug-likeness (QED) is 0.890. The molecule has 0 amide bonds. The fourth-order valence-electron chi connectivity index (χ4n) is 2.79. The average Bonchev–Trinajstić information content (AvgIpc) is 2.72. The summed E-state index contributed by atoms with van der Waals surface area (Å²) in [6.45, 7) is 0.871. The van der Waals surface area contributed by atoms with Crippen molar-refractivity contribution < 1.29 is 8.42 Å². The fourth-order valence-corrected chi connectivity index (χ4v) is 4.97. The monoisotopic (exact) mass is 345 g/mol. The van der Waals surface area contributed by atoms with Crippen molar-refractivity contribution >= 4 is 25.8 Å². The smallest absolute Gasteiger partial charge is 0.150 e. The Kier molecular flexibility index (Phi) is 5.03. The molecule has 1 aliphatic heterocycles. The molecule has 1 fully saturated rings. The van der Waals surface area contributed by atoms with Crippen LogP contribution in [0.25, 0.3) is 0 Å². The summed E-state index contributed by atoms with van der Waals surface area (Å²) in [5, 5.41) is 3.20. The van der Waals surface area contributed by atoms with Gasteiger partial charge in [-0.25, -0.2) is 8.42 Å². The van der Waals surface area contributed by atoms with Crippen LogP contribution in [-0.4, -0.2) is 33.5 Å². The molecule has 1 aromatic rings. The number of hydrogen-bond donors (Lipinski definition) is 1. The molecular formula is C14H20BrNO2S. The molecule has 0 saturated carbocycles. The molecule has 0 spiro atoms. The third kappa shape index (κ3) is 4.29. The van der Waals surface area contributed by atoms with E-state index in [1.807, 2.05) is 19.2 Å². The predicted molar refractivity (Wildman–Crippen MR) is 82.0 cm³/mol. The Morgan fingerprint density at radius 1 is 1.37 bits per heavy atom. The van der Waals surface area contributed by atoms with Gasteiger partial charge in [-0.15, -0.1) is 0 Å². The van der Waals surface area contributed by atoms with Crippen molar-refractivity contribution in [3.8, 4) is 0 Å². The van der Waals surface area contributed by atoms with E-state index in [4.69, 9.17) is 0 Å². The van der Waals surface area contributed by atoms with Crippen molar-refractivity contribution in [3.63, 3.8) is 0 Å². The molecule has 106 valence electrons. The van der Waals surface area contributed by atoms with E-state index in [0.29, 0.717) is 23.3 Å². The molecule has 19 heavy (non-hydrogen) atoms. The lowest BCUT2D eigenvalue weighted by Crippen LogP contribution is -2.28. The second-order valence-electron chi connectivity index (χ2n) is 5.31. The Morgan fingerprint density at radius 3 is 2.58 bits per heavy atom. The average molecular weight is 346 g/mol. The summed E-state index contributed by atoms with van der Waals surface area (Å²) in [6, 6.07) is 8.29. The standard InChI is InChI=1S/C14H20BrNO2S/c1-16-9-13(12-6-7-19(17,18)10-12)8-11-2-4-14(15)5-3-11/h2-5,12-13,16H,6-10H2,1H3. The van der Waals surface area contributed by atoms with E-state index in [2.05, 4.69) is 33.4 Å². The molecule has 1 saturated heterocycles. The molecule has 5 heteroatoms. The van der Waals surface area contributed by atoms with Crippen LogP contribution in [0.2, 0.25) is 0 Å². The van der Waals surface area contributed by atoms with Gasteiger partial charge in [0.2, 0.25) is 0 Å². The summed E-state index contributed by atoms with van der Waals surface area (Å²) in [6.07, 6.45) is 1.75. The largest absolute Gasteiger partial charge is 0.319 e. The van der Waals surface area contributed by atoms with Gasteiger partial charge in [-0.3, -0.25) is 0 Å². The number of hydrogen-bond acceptors (Lipinski definition) is 3. The predicted octanol–water partition coefficient (Wildman–Crippen LogP) is 2.26. The molecule has 1 aromatic carbocycles. The first-order valence-electron chi connectivity index (χ1n) is 6.59. The topological polar surface area (TPSA) is 46.2 Å². The van der Waals surface area contributed by atoms with Crippen LogP contribution in [0, 0.1) is 11.8 Å². The van der Waals surface area contributed by atoms with Gasteiger partial charge in [-0.1, -0.05) is 28.1 Å². The Hall–Kier alpha value is -0.390. The molecule has 2 rings (SSSR count). The van der Waals surface area contributed by atoms with E-state index in [1.165, 1.54) is 5.56 Å². The van der Waals surface area contributed by atoms with Crippen molar-refractivity contribution in [1.82, 2.24) is 5.32 Å². The van der Waals surface area contributed by atoms with Gasteiger partial charge in [0, 0.05) is 4.47 Å². The third-order valence-corrected chi connectivity index (χ3v) is 6.13. The minimum atomic E-state index is -2.79. The Labute approximate surface area is 123 Å². The van der Waals surface area contributed by atoms with Gasteiger partial charge in [0.1, 0.15) is 0 Å². The first-order valence-corrected chi connectivity index (χ1v) is 9.21. The highest BCUT2D eigenvalue weighted by Gasteiger charge is 2.33. The molecule has 0 bridgehead atoms. The van der Waals surface area contributed by atoms with Crippen LogP contribution >= 0.6 is 15.9 Å². The van der Waals surface area contributed by atoms with Gasteiger partial charge < -0.3 is 5.32 Å². The Balaban J connectivity index is 2.06. The minimum Gasteiger partial charge on any atom is -0.319 e. The van der Waals surface area contributed by atoms with Crippen LogP contribution in [0.5, 0.6) is 0 Å². The van der Waals surface area contributed by atoms with Crippen LogP contribution in [0.4, 0.5) is 0 Å². The number of benzene rings is 1. The highest BCUT2D eigenvalue weighted by molar-refractivity contribution is 9.10. The van der Waals surface area contributed by atoms with Crippen molar-refractivity contribution in [3.05, 3.63) is 34.3 Å². The second kappa shape index (κ2) is 6.37. The fraction of sp³-hybridized carbons (Fsp3) is 0.571. The molecule has 3 nitrogen and oxygen atoms in total. The third-order valence-electron chi connectivity index (χ3n) is 3.81. The first-order chi connectivity index (χ1) is 9.00. The lowest BCUT2D eigenvalue weighted by Gasteiger charge is -2.22. The van der Waals surface area contributed by atoms with Gasteiger partial charge in [0.25, 0.3) is 0 Å². The highest BCUT2D eigenvalue weighted by atomic mass is 79.9. The molecular weight excluding hydrogens is 326 g/mol. The van der Waals surface area contributed by atoms with E-state index in [0.717, 1.165) is 23.9 Å². The second-order valence-corrected chi connectivity index (χ2v) is 8.46. The van der Waals surface area contributed by atoms with Crippen molar-refractivity contribution in [1.29, 1.82) is 0 Å². The van der Waals surface area contributed by atoms with Gasteiger partial charge in [-0.05, 0) is 56.0 Å². The molecule has 1 N–H and O–H groups in total. The zero-order valence-electron chi connectivity index (χ0n) is 11.1. The molecule has 0 radical (unpaired) electrons. The zero-order chi connectivity index (χ0) is 13.9. The van der Waals surface area contributed by atoms with Gasteiger partial charge >= 0.3 is 0 Å². The zero-order valence-corrected chi connectivity index (χ0v) is 13.5. The van der Waals surface area contributed by atoms with Gasteiger partial charge in [0.15, 0.2) is 9.84 Å². The van der Waals surface area contributed by atoms with E-state index < -0.39 is 9.84 Å². The number of sulfone groups is 1. The van der Waals surface area contributed by atoms with Crippen LogP contribution in [-0.2, 0) is 16.3 Å². The maximum absolute atomic E-state index is 11.6. The molecule has 1 heterocycles. The number of halogens is 1. The first kappa shape index (κ1) is 15.0. The lowest BCUT2D eigenvalue weighted by molar-refractivity contribution is 0.352. The number of rotatable bonds is 5. The maximum atomic E-state index is 11.6. The summed E-state index contributed by atoms with van der Waals surface area (Å²) in [5.74, 6) is 1.40. The molecule has 2 unspecified atom stereocenters. The minimum absolute atomic E-state index is 0.293. The molecule has 1 aliphatic rings. The van der Waals surface area contributed by atoms with E-state index in [1.54, 1.807) is 0 Å². The molecule has 2 atom stereocenters. The highest BCUT2D eigenvalue weighted by Crippen LogP contribution is 2.28. The van der Waals surface area contributed by atoms with Crippen LogP contribution in [0.1, 0.15) is 12.0 Å². The summed E-state index contributed by atoms with van der Waals surface area (Å²) < 4.78 is 24.3. The summed E-state index contributed by atoms with van der Waals surface area (Å²) in [7, 11) is -0.864. The summed E-state index contributed by atoms with van der Waals surface area (Å²) >= 11 is 3.43. The van der Waals surface area contributed by atoms with E-state index in [-0.39, 0.29) is 0 Å². The number of nitrogens with one attached hydrogen (secondary N) is 1. The van der Waals surface area contributed by atoms with Crippen molar-refractivity contribution in [2.75, 3.05) is 25.1 Å². The summed E-state index contributed by atoms with van der Waals surface area (Å²) in [4.78, 5) is 0. The maximum Gasteiger partial charge on any atom is 0.150 e. The van der Waals surface area contributed by atoms with Crippen molar-refractivity contribution in [2.45, 2.75) is 12.8 Å². The Bertz CT molecular complexity index is 513. The molecule has 0 aromatic heterocycles. The Morgan fingerprint density at radius 2 is 2.05 bits per heavy atom. The van der Waals surface area contributed by atoms with Gasteiger partial charge in [0.05, 0.1) is 11.5 Å². The van der Waals surface area contributed by atoms with Crippen LogP contribution in [0.3, 0.4) is 0 Å².